The molecule has 4 aromatic rings. The average Bonchev–Trinajstić information content (AvgIpc) is 3.05. The molecule has 2 heterocycles. The lowest BCUT2D eigenvalue weighted by Crippen LogP contribution is -2.35. The van der Waals surface area contributed by atoms with Gasteiger partial charge in [-0.3, -0.25) is 4.79 Å². The number of para-hydroxylation sites is 2. The quantitative estimate of drug-likeness (QED) is 0.293. The van der Waals surface area contributed by atoms with E-state index in [2.05, 4.69) is 6.92 Å². The summed E-state index contributed by atoms with van der Waals surface area (Å²) in [5.41, 5.74) is 3.37. The van der Waals surface area contributed by atoms with Crippen molar-refractivity contribution in [2.24, 2.45) is 0 Å². The predicted octanol–water partition coefficient (Wildman–Crippen LogP) is 6.63. The number of ether oxygens (including phenoxy) is 1. The van der Waals surface area contributed by atoms with Crippen LogP contribution in [0.15, 0.2) is 83.8 Å². The molecule has 0 bridgehead atoms. The summed E-state index contributed by atoms with van der Waals surface area (Å²) in [4.78, 5) is 33.8. The fourth-order valence-corrected chi connectivity index (χ4v) is 5.38. The molecule has 1 amide bonds. The molecule has 0 radical (unpaired) electrons. The molecule has 0 saturated carbocycles. The smallest absolute Gasteiger partial charge is 0.339 e. The molecule has 5 rings (SSSR count). The van der Waals surface area contributed by atoms with Crippen LogP contribution in [0.4, 0.5) is 5.69 Å². The molecular weight excluding hydrogens is 480 g/mol. The summed E-state index contributed by atoms with van der Waals surface area (Å²) in [7, 11) is 0. The van der Waals surface area contributed by atoms with Crippen LogP contribution in [-0.2, 0) is 9.53 Å². The summed E-state index contributed by atoms with van der Waals surface area (Å²) in [6, 6.07) is 24.2. The SMILES string of the molecule is CC1CCN(C(=O)COC(=O)c2cc(-c3ccc(Cl)cc3)nc3ccccc23)c2ccccc2S1. The van der Waals surface area contributed by atoms with Crippen LogP contribution in [0, 0.1) is 0 Å². The van der Waals surface area contributed by atoms with E-state index in [4.69, 9.17) is 21.3 Å². The van der Waals surface area contributed by atoms with E-state index in [0.717, 1.165) is 22.6 Å². The zero-order chi connectivity index (χ0) is 24.4. The van der Waals surface area contributed by atoms with E-state index < -0.39 is 5.97 Å². The normalized spacial score (nSPS) is 15.4. The molecule has 0 fully saturated rings. The lowest BCUT2D eigenvalue weighted by atomic mass is 10.0. The van der Waals surface area contributed by atoms with Crippen LogP contribution in [0.3, 0.4) is 0 Å². The van der Waals surface area contributed by atoms with Crippen LogP contribution < -0.4 is 4.90 Å². The number of esters is 1. The minimum Gasteiger partial charge on any atom is -0.452 e. The van der Waals surface area contributed by atoms with Crippen molar-refractivity contribution in [3.63, 3.8) is 0 Å². The first kappa shape index (κ1) is 23.4. The van der Waals surface area contributed by atoms with Crippen LogP contribution in [0.5, 0.6) is 0 Å². The Hall–Kier alpha value is -3.35. The van der Waals surface area contributed by atoms with Gasteiger partial charge in [0.25, 0.3) is 5.91 Å². The summed E-state index contributed by atoms with van der Waals surface area (Å²) in [5, 5.41) is 1.69. The molecule has 7 heteroatoms. The van der Waals surface area contributed by atoms with Crippen LogP contribution >= 0.6 is 23.4 Å². The molecule has 35 heavy (non-hydrogen) atoms. The topological polar surface area (TPSA) is 59.5 Å². The van der Waals surface area contributed by atoms with E-state index in [1.807, 2.05) is 60.7 Å². The third-order valence-electron chi connectivity index (χ3n) is 5.95. The average molecular weight is 503 g/mol. The number of anilines is 1. The van der Waals surface area contributed by atoms with Crippen LogP contribution in [0.1, 0.15) is 23.7 Å². The first-order chi connectivity index (χ1) is 17.0. The fourth-order valence-electron chi connectivity index (χ4n) is 4.14. The van der Waals surface area contributed by atoms with E-state index in [0.29, 0.717) is 39.0 Å². The maximum absolute atomic E-state index is 13.2. The lowest BCUT2D eigenvalue weighted by molar-refractivity contribution is -0.121. The van der Waals surface area contributed by atoms with Gasteiger partial charge >= 0.3 is 5.97 Å². The number of fused-ring (bicyclic) bond motifs is 2. The maximum atomic E-state index is 13.2. The van der Waals surface area contributed by atoms with Gasteiger partial charge in [0.15, 0.2) is 6.61 Å². The van der Waals surface area contributed by atoms with E-state index >= 15 is 0 Å². The second kappa shape index (κ2) is 10.1. The third kappa shape index (κ3) is 5.04. The Morgan fingerprint density at radius 2 is 1.80 bits per heavy atom. The monoisotopic (exact) mass is 502 g/mol. The van der Waals surface area contributed by atoms with Gasteiger partial charge in [-0.1, -0.05) is 61.0 Å². The Labute approximate surface area is 213 Å². The summed E-state index contributed by atoms with van der Waals surface area (Å²) in [6.45, 7) is 2.40. The van der Waals surface area contributed by atoms with Gasteiger partial charge in [-0.15, -0.1) is 11.8 Å². The Bertz CT molecular complexity index is 1410. The van der Waals surface area contributed by atoms with E-state index in [1.165, 1.54) is 0 Å². The Kier molecular flexibility index (Phi) is 6.75. The van der Waals surface area contributed by atoms with Gasteiger partial charge in [-0.05, 0) is 42.8 Å². The molecular formula is C28H23ClN2O3S. The highest BCUT2D eigenvalue weighted by molar-refractivity contribution is 8.00. The van der Waals surface area contributed by atoms with Gasteiger partial charge in [-0.2, -0.15) is 0 Å². The maximum Gasteiger partial charge on any atom is 0.339 e. The molecule has 1 aromatic heterocycles. The summed E-state index contributed by atoms with van der Waals surface area (Å²) in [5.74, 6) is -0.796. The minimum atomic E-state index is -0.557. The van der Waals surface area contributed by atoms with Crippen molar-refractivity contribution >= 4 is 51.8 Å². The Morgan fingerprint density at radius 3 is 2.63 bits per heavy atom. The van der Waals surface area contributed by atoms with Gasteiger partial charge in [0.1, 0.15) is 0 Å². The molecule has 176 valence electrons. The van der Waals surface area contributed by atoms with Gasteiger partial charge in [0, 0.05) is 32.7 Å². The molecule has 0 N–H and O–H groups in total. The number of amides is 1. The standard InChI is InChI=1S/C28H23ClN2O3S/c1-18-14-15-31(25-8-4-5-9-26(25)35-18)27(32)17-34-28(33)22-16-24(19-10-12-20(29)13-11-19)30-23-7-3-2-6-21(22)23/h2-13,16,18H,14-15,17H2,1H3. The first-order valence-electron chi connectivity index (χ1n) is 11.4. The lowest BCUT2D eigenvalue weighted by Gasteiger charge is -2.22. The molecule has 0 spiro atoms. The molecule has 1 atom stereocenters. The number of thioether (sulfide) groups is 1. The van der Waals surface area contributed by atoms with E-state index in [9.17, 15) is 9.59 Å². The van der Waals surface area contributed by atoms with Crippen molar-refractivity contribution < 1.29 is 14.3 Å². The van der Waals surface area contributed by atoms with Crippen molar-refractivity contribution in [2.75, 3.05) is 18.1 Å². The number of nitrogens with zero attached hydrogens (tertiary/aromatic N) is 2. The number of carbonyl (C=O) groups is 2. The van der Waals surface area contributed by atoms with Crippen LogP contribution in [0.2, 0.25) is 5.02 Å². The van der Waals surface area contributed by atoms with Gasteiger partial charge in [0.2, 0.25) is 0 Å². The molecule has 0 saturated heterocycles. The predicted molar refractivity (Wildman–Crippen MR) is 141 cm³/mol. The molecule has 1 unspecified atom stereocenters. The molecule has 1 aliphatic heterocycles. The Morgan fingerprint density at radius 1 is 1.06 bits per heavy atom. The fraction of sp³-hybridized carbons (Fsp3) is 0.179. The molecule has 0 aliphatic carbocycles. The van der Waals surface area contributed by atoms with Gasteiger partial charge < -0.3 is 9.64 Å². The highest BCUT2D eigenvalue weighted by Gasteiger charge is 2.25. The number of hydrogen-bond acceptors (Lipinski definition) is 5. The summed E-state index contributed by atoms with van der Waals surface area (Å²) < 4.78 is 5.56. The Balaban J connectivity index is 1.40. The van der Waals surface area contributed by atoms with Crippen molar-refractivity contribution in [1.29, 1.82) is 0 Å². The summed E-state index contributed by atoms with van der Waals surface area (Å²) >= 11 is 7.79. The van der Waals surface area contributed by atoms with Gasteiger partial charge in [0.05, 0.1) is 22.5 Å². The van der Waals surface area contributed by atoms with E-state index in [1.54, 1.807) is 34.9 Å². The van der Waals surface area contributed by atoms with E-state index in [-0.39, 0.29) is 12.5 Å². The number of benzene rings is 3. The second-order valence-corrected chi connectivity index (χ2v) is 10.3. The number of rotatable bonds is 4. The summed E-state index contributed by atoms with van der Waals surface area (Å²) in [6.07, 6.45) is 0.860. The number of halogens is 1. The second-order valence-electron chi connectivity index (χ2n) is 8.39. The largest absolute Gasteiger partial charge is 0.452 e. The molecule has 1 aliphatic rings. The highest BCUT2D eigenvalue weighted by Crippen LogP contribution is 2.37. The molecule has 3 aromatic carbocycles. The minimum absolute atomic E-state index is 0.239. The van der Waals surface area contributed by atoms with Gasteiger partial charge in [-0.25, -0.2) is 9.78 Å². The third-order valence-corrected chi connectivity index (χ3v) is 7.44. The highest BCUT2D eigenvalue weighted by atomic mass is 35.5. The zero-order valence-electron chi connectivity index (χ0n) is 19.1. The van der Waals surface area contributed by atoms with Crippen molar-refractivity contribution in [3.8, 4) is 11.3 Å². The number of aromatic nitrogens is 1. The molecule has 5 nitrogen and oxygen atoms in total. The first-order valence-corrected chi connectivity index (χ1v) is 12.6. The van der Waals surface area contributed by atoms with Crippen LogP contribution in [0.25, 0.3) is 22.2 Å². The zero-order valence-corrected chi connectivity index (χ0v) is 20.7. The number of pyridine rings is 1. The van der Waals surface area contributed by atoms with Crippen molar-refractivity contribution in [3.05, 3.63) is 89.4 Å². The van der Waals surface area contributed by atoms with Crippen molar-refractivity contribution in [2.45, 2.75) is 23.5 Å². The number of carbonyl (C=O) groups excluding carboxylic acids is 2. The van der Waals surface area contributed by atoms with Crippen molar-refractivity contribution in [1.82, 2.24) is 4.98 Å². The van der Waals surface area contributed by atoms with Crippen LogP contribution in [-0.4, -0.2) is 35.3 Å². The number of hydrogen-bond donors (Lipinski definition) is 0.